The van der Waals surface area contributed by atoms with Gasteiger partial charge in [-0.3, -0.25) is 14.4 Å². The van der Waals surface area contributed by atoms with Crippen LogP contribution in [-0.2, 0) is 23.9 Å². The van der Waals surface area contributed by atoms with Crippen molar-refractivity contribution in [1.29, 1.82) is 0 Å². The molecule has 0 heterocycles. The first-order valence-corrected chi connectivity index (χ1v) is 15.9. The number of fused-ring (bicyclic) bond motifs is 5. The monoisotopic (exact) mass is 562 g/mol. The Kier molecular flexibility index (Phi) is 9.17. The summed E-state index contributed by atoms with van der Waals surface area (Å²) in [7, 11) is 0. The highest BCUT2D eigenvalue weighted by Gasteiger charge is 2.64. The molecule has 40 heavy (non-hydrogen) atoms. The van der Waals surface area contributed by atoms with Gasteiger partial charge in [0.05, 0.1) is 12.2 Å². The molecular formula is C33H54O7. The smallest absolute Gasteiger partial charge is 0.303 e. The minimum absolute atomic E-state index is 0.00846. The van der Waals surface area contributed by atoms with Crippen LogP contribution in [0.3, 0.4) is 0 Å². The number of ether oxygens (including phenoxy) is 2. The Morgan fingerprint density at radius 1 is 0.925 bits per heavy atom. The molecule has 7 nitrogen and oxygen atoms in total. The number of aliphatic hydroxyl groups is 2. The van der Waals surface area contributed by atoms with Crippen molar-refractivity contribution in [2.24, 2.45) is 58.2 Å². The predicted molar refractivity (Wildman–Crippen MR) is 152 cm³/mol. The fourth-order valence-corrected chi connectivity index (χ4v) is 10.5. The van der Waals surface area contributed by atoms with Gasteiger partial charge >= 0.3 is 11.9 Å². The number of hydrogen-bond donors (Lipinski definition) is 2. The van der Waals surface area contributed by atoms with Crippen LogP contribution in [0.4, 0.5) is 0 Å². The molecule has 228 valence electrons. The largest absolute Gasteiger partial charge is 0.459 e. The predicted octanol–water partition coefficient (Wildman–Crippen LogP) is 5.34. The van der Waals surface area contributed by atoms with Gasteiger partial charge in [-0.15, -0.1) is 0 Å². The zero-order valence-electron chi connectivity index (χ0n) is 26.0. The van der Waals surface area contributed by atoms with E-state index in [-0.39, 0.29) is 40.3 Å². The number of Topliss-reactive ketones (excluding diaryl/α,β-unsaturated/α-hetero) is 1. The number of carbonyl (C=O) groups is 3. The van der Waals surface area contributed by atoms with E-state index in [0.29, 0.717) is 42.9 Å². The molecule has 0 amide bonds. The molecule has 4 aliphatic carbocycles. The summed E-state index contributed by atoms with van der Waals surface area (Å²) in [6, 6.07) is 0. The van der Waals surface area contributed by atoms with E-state index in [1.54, 1.807) is 0 Å². The molecule has 0 aromatic rings. The maximum Gasteiger partial charge on any atom is 0.303 e. The summed E-state index contributed by atoms with van der Waals surface area (Å²) in [5, 5.41) is 22.5. The lowest BCUT2D eigenvalue weighted by Gasteiger charge is -2.61. The Hall–Kier alpha value is -1.47. The van der Waals surface area contributed by atoms with E-state index in [2.05, 4.69) is 41.5 Å². The van der Waals surface area contributed by atoms with Crippen LogP contribution in [0.1, 0.15) is 107 Å². The molecule has 0 aromatic heterocycles. The van der Waals surface area contributed by atoms with Gasteiger partial charge in [-0.25, -0.2) is 0 Å². The lowest BCUT2D eigenvalue weighted by Crippen LogP contribution is -2.60. The maximum absolute atomic E-state index is 13.8. The highest BCUT2D eigenvalue weighted by molar-refractivity contribution is 5.83. The van der Waals surface area contributed by atoms with Crippen molar-refractivity contribution in [3.05, 3.63) is 0 Å². The Labute approximate surface area is 241 Å². The first-order valence-electron chi connectivity index (χ1n) is 15.9. The topological polar surface area (TPSA) is 110 Å². The third-order valence-electron chi connectivity index (χ3n) is 12.4. The number of hydrogen-bond acceptors (Lipinski definition) is 7. The Morgan fingerprint density at radius 3 is 2.10 bits per heavy atom. The van der Waals surface area contributed by atoms with Gasteiger partial charge in [0, 0.05) is 26.2 Å². The summed E-state index contributed by atoms with van der Waals surface area (Å²) in [6.07, 6.45) is 3.77. The van der Waals surface area contributed by atoms with E-state index in [4.69, 9.17) is 9.47 Å². The number of rotatable bonds is 8. The molecule has 0 aliphatic heterocycles. The normalized spacial score (nSPS) is 42.2. The molecule has 0 spiro atoms. The van der Waals surface area contributed by atoms with Crippen LogP contribution in [0.5, 0.6) is 0 Å². The molecule has 0 unspecified atom stereocenters. The van der Waals surface area contributed by atoms with Gasteiger partial charge in [-0.1, -0.05) is 48.0 Å². The molecule has 4 rings (SSSR count). The molecule has 4 aliphatic rings. The summed E-state index contributed by atoms with van der Waals surface area (Å²) in [5.41, 5.74) is -0.308. The summed E-state index contributed by atoms with van der Waals surface area (Å²) >= 11 is 0. The van der Waals surface area contributed by atoms with Crippen LogP contribution in [0.2, 0.25) is 0 Å². The van der Waals surface area contributed by atoms with E-state index in [9.17, 15) is 24.6 Å². The second kappa shape index (κ2) is 11.7. The Bertz CT molecular complexity index is 962. The maximum atomic E-state index is 13.8. The highest BCUT2D eigenvalue weighted by atomic mass is 16.6. The van der Waals surface area contributed by atoms with Crippen molar-refractivity contribution in [3.63, 3.8) is 0 Å². The van der Waals surface area contributed by atoms with Crippen molar-refractivity contribution in [3.8, 4) is 0 Å². The zero-order valence-corrected chi connectivity index (χ0v) is 26.0. The molecule has 0 radical (unpaired) electrons. The summed E-state index contributed by atoms with van der Waals surface area (Å²) in [6.45, 7) is 15.8. The summed E-state index contributed by atoms with van der Waals surface area (Å²) in [4.78, 5) is 37.6. The number of ketones is 1. The lowest BCUT2D eigenvalue weighted by molar-refractivity contribution is -0.196. The Morgan fingerprint density at radius 2 is 1.52 bits per heavy atom. The first-order chi connectivity index (χ1) is 18.6. The van der Waals surface area contributed by atoms with Crippen LogP contribution in [-0.4, -0.2) is 52.4 Å². The molecule has 4 fully saturated rings. The molecule has 7 heteroatoms. The average Bonchev–Trinajstić information content (AvgIpc) is 3.21. The SMILES string of the molecule is CC[C@@H](C(C)C)[C@H](O)[C@@H](O)[C@@H](C)[C@H]1CC[C@H]2[C@@H]3CC(=O)[C@H]4C[C@H](OC(C)=O)[C@H](OC(C)=O)C[C@]4(C)[C@H]3CC[C@]12C. The van der Waals surface area contributed by atoms with Crippen LogP contribution in [0.25, 0.3) is 0 Å². The standard InChI is InChI=1S/C33H54O7/c1-9-21(17(2)3)31(38)30(37)18(4)23-10-11-24-22-14-27(36)26-15-28(39-19(5)34)29(40-20(6)35)16-33(26,8)25(22)12-13-32(23,24)7/h17-18,21-26,28-31,37-38H,9-16H2,1-8H3/t18-,21-,22-,23+,24-,25-,26+,28-,29+,30-,31-,32+,33+/m0/s1. The fourth-order valence-electron chi connectivity index (χ4n) is 10.5. The van der Waals surface area contributed by atoms with Crippen molar-refractivity contribution < 1.29 is 34.1 Å². The molecule has 2 N–H and O–H groups in total. The van der Waals surface area contributed by atoms with Gasteiger partial charge in [0.25, 0.3) is 0 Å². The number of carbonyl (C=O) groups excluding carboxylic acids is 3. The molecule has 0 saturated heterocycles. The van der Waals surface area contributed by atoms with Crippen LogP contribution in [0.15, 0.2) is 0 Å². The van der Waals surface area contributed by atoms with Gasteiger partial charge in [0.2, 0.25) is 0 Å². The fraction of sp³-hybridized carbons (Fsp3) is 0.909. The van der Waals surface area contributed by atoms with Crippen molar-refractivity contribution >= 4 is 17.7 Å². The number of aliphatic hydroxyl groups excluding tert-OH is 2. The second-order valence-electron chi connectivity index (χ2n) is 14.7. The Balaban J connectivity index is 1.57. The molecule has 0 aromatic carbocycles. The minimum atomic E-state index is -0.762. The van der Waals surface area contributed by atoms with Gasteiger partial charge < -0.3 is 19.7 Å². The lowest BCUT2D eigenvalue weighted by atomic mass is 9.43. The average molecular weight is 563 g/mol. The van der Waals surface area contributed by atoms with E-state index in [1.165, 1.54) is 13.8 Å². The van der Waals surface area contributed by atoms with Gasteiger partial charge in [0.15, 0.2) is 0 Å². The molecule has 4 saturated carbocycles. The third-order valence-corrected chi connectivity index (χ3v) is 12.4. The highest BCUT2D eigenvalue weighted by Crippen LogP contribution is 2.68. The minimum Gasteiger partial charge on any atom is -0.459 e. The van der Waals surface area contributed by atoms with Crippen molar-refractivity contribution in [1.82, 2.24) is 0 Å². The van der Waals surface area contributed by atoms with E-state index >= 15 is 0 Å². The van der Waals surface area contributed by atoms with E-state index in [0.717, 1.165) is 32.1 Å². The van der Waals surface area contributed by atoms with Gasteiger partial charge in [0.1, 0.15) is 18.0 Å². The first kappa shape index (κ1) is 31.5. The number of esters is 2. The summed E-state index contributed by atoms with van der Waals surface area (Å²) < 4.78 is 11.3. The van der Waals surface area contributed by atoms with E-state index in [1.807, 2.05) is 0 Å². The van der Waals surface area contributed by atoms with Crippen LogP contribution in [0, 0.1) is 58.2 Å². The van der Waals surface area contributed by atoms with Crippen LogP contribution < -0.4 is 0 Å². The zero-order chi connectivity index (χ0) is 29.7. The second-order valence-corrected chi connectivity index (χ2v) is 14.7. The molecule has 13 atom stereocenters. The van der Waals surface area contributed by atoms with Gasteiger partial charge in [-0.05, 0) is 90.8 Å². The van der Waals surface area contributed by atoms with Gasteiger partial charge in [-0.2, -0.15) is 0 Å². The molecular weight excluding hydrogens is 508 g/mol. The quantitative estimate of drug-likeness (QED) is 0.384. The van der Waals surface area contributed by atoms with Crippen LogP contribution >= 0.6 is 0 Å². The van der Waals surface area contributed by atoms with E-state index < -0.39 is 36.4 Å². The summed E-state index contributed by atoms with van der Waals surface area (Å²) in [5.74, 6) is 0.851. The van der Waals surface area contributed by atoms with Crippen molar-refractivity contribution in [2.45, 2.75) is 131 Å². The molecule has 0 bridgehead atoms. The third kappa shape index (κ3) is 5.39. The van der Waals surface area contributed by atoms with Crippen molar-refractivity contribution in [2.75, 3.05) is 0 Å².